The lowest BCUT2D eigenvalue weighted by Gasteiger charge is -2.08. The van der Waals surface area contributed by atoms with Crippen molar-refractivity contribution in [3.63, 3.8) is 0 Å². The monoisotopic (exact) mass is 281 g/mol. The minimum atomic E-state index is -2.42. The van der Waals surface area contributed by atoms with E-state index in [0.717, 1.165) is 16.8 Å². The van der Waals surface area contributed by atoms with Crippen LogP contribution in [0.1, 0.15) is 23.1 Å². The Morgan fingerprint density at radius 2 is 1.79 bits per heavy atom. The number of aryl methyl sites for hydroxylation is 1. The van der Waals surface area contributed by atoms with Gasteiger partial charge >= 0.3 is 0 Å². The van der Waals surface area contributed by atoms with Gasteiger partial charge in [0.15, 0.2) is 0 Å². The molecule has 1 nitrogen and oxygen atoms in total. The van der Waals surface area contributed by atoms with Gasteiger partial charge in [-0.05, 0) is 30.2 Å². The molecule has 0 unspecified atom stereocenters. The van der Waals surface area contributed by atoms with Crippen molar-refractivity contribution in [3.05, 3.63) is 64.2 Å². The lowest BCUT2D eigenvalue weighted by Crippen LogP contribution is -1.99. The van der Waals surface area contributed by atoms with Crippen molar-refractivity contribution in [2.45, 2.75) is 19.9 Å². The highest BCUT2D eigenvalue weighted by molar-refractivity contribution is 6.31. The van der Waals surface area contributed by atoms with Crippen molar-refractivity contribution >= 4 is 17.3 Å². The smallest absolute Gasteiger partial charge is 0.263 e. The van der Waals surface area contributed by atoms with Crippen molar-refractivity contribution < 1.29 is 8.78 Å². The summed E-state index contributed by atoms with van der Waals surface area (Å²) in [6.07, 6.45) is -2.42. The van der Waals surface area contributed by atoms with Gasteiger partial charge in [0.2, 0.25) is 0 Å². The van der Waals surface area contributed by atoms with Gasteiger partial charge in [0.05, 0.1) is 0 Å². The summed E-state index contributed by atoms with van der Waals surface area (Å²) >= 11 is 6.03. The number of benzene rings is 2. The number of anilines is 1. The Kier molecular flexibility index (Phi) is 4.38. The van der Waals surface area contributed by atoms with Crippen LogP contribution in [0.5, 0.6) is 0 Å². The first-order chi connectivity index (χ1) is 9.06. The zero-order valence-corrected chi connectivity index (χ0v) is 11.2. The molecule has 2 rings (SSSR count). The minimum absolute atomic E-state index is 0.0436. The lowest BCUT2D eigenvalue weighted by atomic mass is 10.1. The fourth-order valence-electron chi connectivity index (χ4n) is 1.69. The summed E-state index contributed by atoms with van der Waals surface area (Å²) in [5.41, 5.74) is 2.92. The molecule has 0 saturated heterocycles. The van der Waals surface area contributed by atoms with Crippen molar-refractivity contribution in [2.24, 2.45) is 0 Å². The SMILES string of the molecule is Cc1ccc(NCc2ccc(C(F)F)cc2)cc1Cl. The zero-order valence-electron chi connectivity index (χ0n) is 10.5. The topological polar surface area (TPSA) is 12.0 Å². The third kappa shape index (κ3) is 3.67. The predicted molar refractivity (Wildman–Crippen MR) is 74.9 cm³/mol. The molecule has 0 heterocycles. The van der Waals surface area contributed by atoms with Crippen LogP contribution in [0.4, 0.5) is 14.5 Å². The van der Waals surface area contributed by atoms with Crippen LogP contribution in [0.2, 0.25) is 5.02 Å². The maximum Gasteiger partial charge on any atom is 0.263 e. The highest BCUT2D eigenvalue weighted by Crippen LogP contribution is 2.21. The third-order valence-electron chi connectivity index (χ3n) is 2.90. The number of halogens is 3. The van der Waals surface area contributed by atoms with Gasteiger partial charge in [-0.2, -0.15) is 0 Å². The molecule has 0 fully saturated rings. The first-order valence-electron chi connectivity index (χ1n) is 5.93. The molecule has 0 spiro atoms. The van der Waals surface area contributed by atoms with Gasteiger partial charge in [0, 0.05) is 22.8 Å². The number of rotatable bonds is 4. The molecular formula is C15H14ClF2N. The van der Waals surface area contributed by atoms with Gasteiger partial charge in [-0.25, -0.2) is 8.78 Å². The van der Waals surface area contributed by atoms with Crippen LogP contribution in [-0.2, 0) is 6.54 Å². The molecule has 2 aromatic carbocycles. The highest BCUT2D eigenvalue weighted by atomic mass is 35.5. The normalized spacial score (nSPS) is 10.8. The van der Waals surface area contributed by atoms with Crippen molar-refractivity contribution in [3.8, 4) is 0 Å². The number of hydrogen-bond acceptors (Lipinski definition) is 1. The molecule has 0 radical (unpaired) electrons. The quantitative estimate of drug-likeness (QED) is 0.812. The molecule has 2 aromatic rings. The molecule has 0 amide bonds. The van der Waals surface area contributed by atoms with E-state index in [9.17, 15) is 8.78 Å². The maximum atomic E-state index is 12.4. The molecule has 0 aliphatic rings. The Bertz CT molecular complexity index is 553. The Morgan fingerprint density at radius 1 is 1.11 bits per heavy atom. The van der Waals surface area contributed by atoms with Crippen LogP contribution in [0.25, 0.3) is 0 Å². The molecule has 0 aliphatic heterocycles. The second-order valence-electron chi connectivity index (χ2n) is 4.36. The Morgan fingerprint density at radius 3 is 2.37 bits per heavy atom. The van der Waals surface area contributed by atoms with Crippen LogP contribution in [0.3, 0.4) is 0 Å². The summed E-state index contributed by atoms with van der Waals surface area (Å²) in [4.78, 5) is 0. The van der Waals surface area contributed by atoms with E-state index in [4.69, 9.17) is 11.6 Å². The van der Waals surface area contributed by atoms with Gasteiger partial charge in [0.1, 0.15) is 0 Å². The summed E-state index contributed by atoms with van der Waals surface area (Å²) in [6.45, 7) is 2.51. The Hall–Kier alpha value is -1.61. The van der Waals surface area contributed by atoms with Crippen molar-refractivity contribution in [1.29, 1.82) is 0 Å². The van der Waals surface area contributed by atoms with Gasteiger partial charge in [-0.15, -0.1) is 0 Å². The number of alkyl halides is 2. The van der Waals surface area contributed by atoms with Gasteiger partial charge in [-0.3, -0.25) is 0 Å². The van der Waals surface area contributed by atoms with Crippen molar-refractivity contribution in [1.82, 2.24) is 0 Å². The predicted octanol–water partition coefficient (Wildman–Crippen LogP) is 5.20. The van der Waals surface area contributed by atoms with E-state index < -0.39 is 6.43 Å². The van der Waals surface area contributed by atoms with Gasteiger partial charge in [-0.1, -0.05) is 41.9 Å². The maximum absolute atomic E-state index is 12.4. The standard InChI is InChI=1S/C15H14ClF2N/c1-10-2-7-13(8-14(10)16)19-9-11-3-5-12(6-4-11)15(17)18/h2-8,15,19H,9H2,1H3. The van der Waals surface area contributed by atoms with E-state index in [1.165, 1.54) is 12.1 Å². The van der Waals surface area contributed by atoms with Crippen LogP contribution >= 0.6 is 11.6 Å². The molecule has 19 heavy (non-hydrogen) atoms. The van der Waals surface area contributed by atoms with E-state index in [1.54, 1.807) is 12.1 Å². The summed E-state index contributed by atoms with van der Waals surface area (Å²) in [5.74, 6) is 0. The summed E-state index contributed by atoms with van der Waals surface area (Å²) in [7, 11) is 0. The Labute approximate surface area is 116 Å². The largest absolute Gasteiger partial charge is 0.381 e. The molecule has 0 aliphatic carbocycles. The van der Waals surface area contributed by atoms with Crippen LogP contribution in [0, 0.1) is 6.92 Å². The minimum Gasteiger partial charge on any atom is -0.381 e. The fourth-order valence-corrected chi connectivity index (χ4v) is 1.87. The van der Waals surface area contributed by atoms with Crippen LogP contribution in [0.15, 0.2) is 42.5 Å². The van der Waals surface area contributed by atoms with Crippen LogP contribution < -0.4 is 5.32 Å². The van der Waals surface area contributed by atoms with E-state index in [0.29, 0.717) is 11.6 Å². The summed E-state index contributed by atoms with van der Waals surface area (Å²) in [6, 6.07) is 12.0. The van der Waals surface area contributed by atoms with Gasteiger partial charge < -0.3 is 5.32 Å². The summed E-state index contributed by atoms with van der Waals surface area (Å²) < 4.78 is 24.8. The molecule has 0 saturated carbocycles. The average molecular weight is 282 g/mol. The van der Waals surface area contributed by atoms with E-state index >= 15 is 0 Å². The fraction of sp³-hybridized carbons (Fsp3) is 0.200. The van der Waals surface area contributed by atoms with Crippen molar-refractivity contribution in [2.75, 3.05) is 5.32 Å². The number of hydrogen-bond donors (Lipinski definition) is 1. The molecular weight excluding hydrogens is 268 g/mol. The molecule has 1 N–H and O–H groups in total. The lowest BCUT2D eigenvalue weighted by molar-refractivity contribution is 0.151. The zero-order chi connectivity index (χ0) is 13.8. The second-order valence-corrected chi connectivity index (χ2v) is 4.77. The van der Waals surface area contributed by atoms with E-state index in [2.05, 4.69) is 5.32 Å². The second kappa shape index (κ2) is 6.02. The molecule has 0 atom stereocenters. The average Bonchev–Trinajstić information content (AvgIpc) is 2.40. The Balaban J connectivity index is 2.00. The van der Waals surface area contributed by atoms with Gasteiger partial charge in [0.25, 0.3) is 6.43 Å². The highest BCUT2D eigenvalue weighted by Gasteiger charge is 2.05. The molecule has 100 valence electrons. The summed E-state index contributed by atoms with van der Waals surface area (Å²) in [5, 5.41) is 3.91. The molecule has 0 bridgehead atoms. The number of nitrogens with one attached hydrogen (secondary N) is 1. The van der Waals surface area contributed by atoms with Crippen LogP contribution in [-0.4, -0.2) is 0 Å². The third-order valence-corrected chi connectivity index (χ3v) is 3.31. The van der Waals surface area contributed by atoms with E-state index in [-0.39, 0.29) is 5.56 Å². The first-order valence-corrected chi connectivity index (χ1v) is 6.31. The molecule has 4 heteroatoms. The first kappa shape index (κ1) is 13.8. The molecule has 0 aromatic heterocycles. The van der Waals surface area contributed by atoms with E-state index in [1.807, 2.05) is 25.1 Å².